The van der Waals surface area contributed by atoms with Crippen molar-refractivity contribution in [3.05, 3.63) is 11.6 Å². The van der Waals surface area contributed by atoms with Crippen LogP contribution in [0.15, 0.2) is 11.6 Å². The lowest BCUT2D eigenvalue weighted by Gasteiger charge is -1.90. The standard InChI is InChI=1S/C6H12O.C5H12/c1-6(2)4-5-7-3;1-4-5(2)3/h4H,5H2,1-3H3;5H,4H2,1-3H3. The van der Waals surface area contributed by atoms with Gasteiger partial charge in [-0.2, -0.15) is 0 Å². The molecule has 1 heteroatoms. The van der Waals surface area contributed by atoms with E-state index in [0.717, 1.165) is 12.5 Å². The Balaban J connectivity index is 0. The van der Waals surface area contributed by atoms with Gasteiger partial charge in [-0.05, 0) is 19.8 Å². The minimum absolute atomic E-state index is 0.738. The molecule has 1 nitrogen and oxygen atoms in total. The second-order valence-electron chi connectivity index (χ2n) is 3.54. The Morgan fingerprint density at radius 3 is 1.83 bits per heavy atom. The van der Waals surface area contributed by atoms with Crippen LogP contribution in [-0.2, 0) is 4.74 Å². The molecule has 0 atom stereocenters. The molecule has 0 unspecified atom stereocenters. The Morgan fingerprint density at radius 1 is 1.33 bits per heavy atom. The van der Waals surface area contributed by atoms with Gasteiger partial charge in [-0.15, -0.1) is 0 Å². The van der Waals surface area contributed by atoms with E-state index in [4.69, 9.17) is 4.74 Å². The minimum Gasteiger partial charge on any atom is -0.381 e. The van der Waals surface area contributed by atoms with E-state index in [2.05, 4.69) is 34.6 Å². The van der Waals surface area contributed by atoms with Crippen LogP contribution in [0.1, 0.15) is 41.0 Å². The van der Waals surface area contributed by atoms with Gasteiger partial charge in [0.05, 0.1) is 6.61 Å². The third kappa shape index (κ3) is 22.6. The summed E-state index contributed by atoms with van der Waals surface area (Å²) in [6.45, 7) is 11.5. The van der Waals surface area contributed by atoms with Crippen molar-refractivity contribution in [2.45, 2.75) is 41.0 Å². The van der Waals surface area contributed by atoms with Crippen molar-refractivity contribution in [1.29, 1.82) is 0 Å². The highest BCUT2D eigenvalue weighted by molar-refractivity contribution is 4.92. The van der Waals surface area contributed by atoms with E-state index in [1.54, 1.807) is 7.11 Å². The summed E-state index contributed by atoms with van der Waals surface area (Å²) in [7, 11) is 1.69. The highest BCUT2D eigenvalue weighted by atomic mass is 16.5. The maximum absolute atomic E-state index is 4.78. The second-order valence-corrected chi connectivity index (χ2v) is 3.54. The molecule has 0 aliphatic carbocycles. The quantitative estimate of drug-likeness (QED) is 0.590. The topological polar surface area (TPSA) is 9.23 Å². The SMILES string of the molecule is CCC(C)C.COCC=C(C)C. The van der Waals surface area contributed by atoms with Crippen molar-refractivity contribution in [3.8, 4) is 0 Å². The molecule has 0 bridgehead atoms. The summed E-state index contributed by atoms with van der Waals surface area (Å²) in [5.74, 6) is 0.884. The van der Waals surface area contributed by atoms with Crippen molar-refractivity contribution in [3.63, 3.8) is 0 Å². The van der Waals surface area contributed by atoms with Gasteiger partial charge in [-0.3, -0.25) is 0 Å². The lowest BCUT2D eigenvalue weighted by molar-refractivity contribution is 0.233. The van der Waals surface area contributed by atoms with E-state index in [1.165, 1.54) is 12.0 Å². The summed E-state index contributed by atoms with van der Waals surface area (Å²) in [4.78, 5) is 0. The van der Waals surface area contributed by atoms with Gasteiger partial charge in [-0.25, -0.2) is 0 Å². The molecule has 0 heterocycles. The first-order valence-corrected chi connectivity index (χ1v) is 4.66. The van der Waals surface area contributed by atoms with E-state index in [1.807, 2.05) is 6.08 Å². The Hall–Kier alpha value is -0.300. The first-order valence-electron chi connectivity index (χ1n) is 4.66. The zero-order valence-corrected chi connectivity index (χ0v) is 9.48. The van der Waals surface area contributed by atoms with Crippen molar-refractivity contribution in [2.75, 3.05) is 13.7 Å². The number of allylic oxidation sites excluding steroid dienone is 1. The summed E-state index contributed by atoms with van der Waals surface area (Å²) >= 11 is 0. The Morgan fingerprint density at radius 2 is 1.75 bits per heavy atom. The summed E-state index contributed by atoms with van der Waals surface area (Å²) in [6.07, 6.45) is 3.35. The van der Waals surface area contributed by atoms with Gasteiger partial charge in [0.25, 0.3) is 0 Å². The fraction of sp³-hybridized carbons (Fsp3) is 0.818. The van der Waals surface area contributed by atoms with Crippen molar-refractivity contribution in [2.24, 2.45) is 5.92 Å². The molecule has 0 aliphatic heterocycles. The zero-order chi connectivity index (χ0) is 9.98. The fourth-order valence-corrected chi connectivity index (χ4v) is 0.250. The van der Waals surface area contributed by atoms with Crippen LogP contribution in [0.25, 0.3) is 0 Å². The minimum atomic E-state index is 0.738. The predicted octanol–water partition coefficient (Wildman–Crippen LogP) is 3.65. The molecular weight excluding hydrogens is 148 g/mol. The lowest BCUT2D eigenvalue weighted by atomic mass is 10.2. The molecule has 0 aliphatic rings. The van der Waals surface area contributed by atoms with Crippen LogP contribution in [0.4, 0.5) is 0 Å². The molecule has 74 valence electrons. The van der Waals surface area contributed by atoms with E-state index >= 15 is 0 Å². The molecule has 0 fully saturated rings. The number of hydrogen-bond donors (Lipinski definition) is 0. The Bertz CT molecular complexity index is 99.6. The molecule has 0 spiro atoms. The van der Waals surface area contributed by atoms with E-state index in [0.29, 0.717) is 0 Å². The molecule has 0 amide bonds. The molecule has 0 saturated carbocycles. The third-order valence-corrected chi connectivity index (χ3v) is 1.47. The molecule has 12 heavy (non-hydrogen) atoms. The van der Waals surface area contributed by atoms with E-state index in [9.17, 15) is 0 Å². The average molecular weight is 172 g/mol. The first-order chi connectivity index (χ1) is 5.54. The van der Waals surface area contributed by atoms with Gasteiger partial charge in [0.15, 0.2) is 0 Å². The molecule has 0 N–H and O–H groups in total. The van der Waals surface area contributed by atoms with Crippen LogP contribution in [0.3, 0.4) is 0 Å². The van der Waals surface area contributed by atoms with Crippen LogP contribution in [0.5, 0.6) is 0 Å². The van der Waals surface area contributed by atoms with Crippen LogP contribution < -0.4 is 0 Å². The monoisotopic (exact) mass is 172 g/mol. The predicted molar refractivity (Wildman–Crippen MR) is 56.4 cm³/mol. The normalized spacial score (nSPS) is 8.92. The number of methoxy groups -OCH3 is 1. The van der Waals surface area contributed by atoms with Gasteiger partial charge in [0.1, 0.15) is 0 Å². The largest absolute Gasteiger partial charge is 0.381 e. The van der Waals surface area contributed by atoms with Crippen molar-refractivity contribution in [1.82, 2.24) is 0 Å². The highest BCUT2D eigenvalue weighted by Crippen LogP contribution is 1.93. The van der Waals surface area contributed by atoms with Crippen LogP contribution in [0.2, 0.25) is 0 Å². The van der Waals surface area contributed by atoms with E-state index in [-0.39, 0.29) is 0 Å². The molecule has 0 rings (SSSR count). The molecule has 0 aromatic heterocycles. The van der Waals surface area contributed by atoms with Gasteiger partial charge >= 0.3 is 0 Å². The Kier molecular flexibility index (Phi) is 12.7. The second kappa shape index (κ2) is 10.7. The van der Waals surface area contributed by atoms with Gasteiger partial charge in [0, 0.05) is 7.11 Å². The van der Waals surface area contributed by atoms with E-state index < -0.39 is 0 Å². The summed E-state index contributed by atoms with van der Waals surface area (Å²) in [6, 6.07) is 0. The fourth-order valence-electron chi connectivity index (χ4n) is 0.250. The van der Waals surface area contributed by atoms with Crippen molar-refractivity contribution >= 4 is 0 Å². The maximum atomic E-state index is 4.78. The van der Waals surface area contributed by atoms with Gasteiger partial charge < -0.3 is 4.74 Å². The zero-order valence-electron chi connectivity index (χ0n) is 9.48. The Labute approximate surface area is 77.8 Å². The summed E-state index contributed by atoms with van der Waals surface area (Å²) < 4.78 is 4.78. The highest BCUT2D eigenvalue weighted by Gasteiger charge is 1.80. The van der Waals surface area contributed by atoms with Gasteiger partial charge in [-0.1, -0.05) is 38.8 Å². The number of ether oxygens (including phenoxy) is 1. The molecule has 0 saturated heterocycles. The molecule has 0 aromatic rings. The third-order valence-electron chi connectivity index (χ3n) is 1.47. The number of rotatable bonds is 3. The molecule has 0 aromatic carbocycles. The van der Waals surface area contributed by atoms with Crippen LogP contribution >= 0.6 is 0 Å². The smallest absolute Gasteiger partial charge is 0.0646 e. The lowest BCUT2D eigenvalue weighted by Crippen LogP contribution is -1.80. The van der Waals surface area contributed by atoms with Crippen molar-refractivity contribution < 1.29 is 4.74 Å². The summed E-state index contributed by atoms with van der Waals surface area (Å²) in [5, 5.41) is 0. The number of hydrogen-bond acceptors (Lipinski definition) is 1. The molecular formula is C11H24O. The molecule has 0 radical (unpaired) electrons. The maximum Gasteiger partial charge on any atom is 0.0646 e. The van der Waals surface area contributed by atoms with Crippen LogP contribution in [-0.4, -0.2) is 13.7 Å². The first kappa shape index (κ1) is 14.2. The van der Waals surface area contributed by atoms with Crippen LogP contribution in [0, 0.1) is 5.92 Å². The summed E-state index contributed by atoms with van der Waals surface area (Å²) in [5.41, 5.74) is 1.31. The average Bonchev–Trinajstić information content (AvgIpc) is 2.02. The van der Waals surface area contributed by atoms with Gasteiger partial charge in [0.2, 0.25) is 0 Å².